The lowest BCUT2D eigenvalue weighted by Gasteiger charge is -2.37. The maximum atomic E-state index is 12.8. The van der Waals surface area contributed by atoms with Crippen LogP contribution in [-0.2, 0) is 9.53 Å². The van der Waals surface area contributed by atoms with Gasteiger partial charge >= 0.3 is 0 Å². The lowest BCUT2D eigenvalue weighted by molar-refractivity contribution is -0.145. The number of hydrogen-bond acceptors (Lipinski definition) is 4. The number of hydrogen-bond donors (Lipinski definition) is 0. The monoisotopic (exact) mass is 470 g/mol. The van der Waals surface area contributed by atoms with Crippen molar-refractivity contribution in [2.24, 2.45) is 0 Å². The highest BCUT2D eigenvalue weighted by Gasteiger charge is 2.35. The molecule has 30 heavy (non-hydrogen) atoms. The van der Waals surface area contributed by atoms with Crippen LogP contribution in [0.15, 0.2) is 53.0 Å². The summed E-state index contributed by atoms with van der Waals surface area (Å²) in [5.41, 5.74) is 1.88. The molecule has 0 bridgehead atoms. The predicted octanol–water partition coefficient (Wildman–Crippen LogP) is 3.81. The number of halogens is 1. The van der Waals surface area contributed by atoms with E-state index in [4.69, 9.17) is 4.74 Å². The maximum absolute atomic E-state index is 12.8. The molecule has 2 aliphatic rings. The van der Waals surface area contributed by atoms with Crippen molar-refractivity contribution in [3.63, 3.8) is 0 Å². The summed E-state index contributed by atoms with van der Waals surface area (Å²) in [4.78, 5) is 40.9. The molecule has 6 nitrogen and oxygen atoms in total. The molecule has 0 aliphatic carbocycles. The van der Waals surface area contributed by atoms with Crippen molar-refractivity contribution in [1.82, 2.24) is 9.80 Å². The molecule has 0 spiro atoms. The van der Waals surface area contributed by atoms with Crippen molar-refractivity contribution in [2.45, 2.75) is 32.0 Å². The van der Waals surface area contributed by atoms with Crippen LogP contribution < -0.4 is 0 Å². The number of morpholine rings is 1. The Balaban J connectivity index is 1.34. The first-order chi connectivity index (χ1) is 14.4. The van der Waals surface area contributed by atoms with Crippen LogP contribution in [0.25, 0.3) is 0 Å². The first kappa shape index (κ1) is 20.8. The number of benzene rings is 2. The molecule has 2 atom stereocenters. The maximum Gasteiger partial charge on any atom is 0.261 e. The first-order valence-electron chi connectivity index (χ1n) is 10.1. The van der Waals surface area contributed by atoms with Crippen molar-refractivity contribution < 1.29 is 19.1 Å². The number of rotatable bonds is 5. The van der Waals surface area contributed by atoms with Crippen LogP contribution in [0.2, 0.25) is 0 Å². The summed E-state index contributed by atoms with van der Waals surface area (Å²) < 4.78 is 6.77. The van der Waals surface area contributed by atoms with E-state index in [9.17, 15) is 14.4 Å². The second-order valence-corrected chi connectivity index (χ2v) is 8.62. The van der Waals surface area contributed by atoms with Crippen LogP contribution in [-0.4, -0.2) is 53.3 Å². The zero-order chi connectivity index (χ0) is 21.3. The van der Waals surface area contributed by atoms with Gasteiger partial charge in [0.2, 0.25) is 5.91 Å². The van der Waals surface area contributed by atoms with Crippen LogP contribution in [0.3, 0.4) is 0 Å². The van der Waals surface area contributed by atoms with Crippen LogP contribution in [0.1, 0.15) is 52.1 Å². The highest BCUT2D eigenvalue weighted by molar-refractivity contribution is 9.10. The van der Waals surface area contributed by atoms with Gasteiger partial charge in [-0.3, -0.25) is 19.3 Å². The topological polar surface area (TPSA) is 66.9 Å². The Morgan fingerprint density at radius 1 is 1.07 bits per heavy atom. The molecule has 0 N–H and O–H groups in total. The molecule has 2 unspecified atom stereocenters. The van der Waals surface area contributed by atoms with E-state index in [1.807, 2.05) is 42.2 Å². The molecule has 0 saturated carbocycles. The molecule has 1 saturated heterocycles. The van der Waals surface area contributed by atoms with E-state index >= 15 is 0 Å². The summed E-state index contributed by atoms with van der Waals surface area (Å²) >= 11 is 3.33. The SMILES string of the molecule is CC1CN(C(=O)CCCN2C(=O)c3ccc(Br)cc3C2=O)CC(c2ccccc2)O1. The van der Waals surface area contributed by atoms with Gasteiger partial charge in [0.15, 0.2) is 0 Å². The molecule has 7 heteroatoms. The number of ether oxygens (including phenoxy) is 1. The summed E-state index contributed by atoms with van der Waals surface area (Å²) in [6.07, 6.45) is 0.523. The van der Waals surface area contributed by atoms with Gasteiger partial charge < -0.3 is 9.64 Å². The summed E-state index contributed by atoms with van der Waals surface area (Å²) in [5.74, 6) is -0.572. The molecule has 0 aromatic heterocycles. The van der Waals surface area contributed by atoms with Gasteiger partial charge in [0, 0.05) is 24.0 Å². The van der Waals surface area contributed by atoms with Gasteiger partial charge in [-0.2, -0.15) is 0 Å². The Bertz CT molecular complexity index is 978. The minimum atomic E-state index is -0.298. The van der Waals surface area contributed by atoms with Crippen LogP contribution in [0.5, 0.6) is 0 Å². The number of carbonyl (C=O) groups is 3. The van der Waals surface area contributed by atoms with Gasteiger partial charge in [0.1, 0.15) is 6.10 Å². The summed E-state index contributed by atoms with van der Waals surface area (Å²) in [7, 11) is 0. The van der Waals surface area contributed by atoms with Crippen molar-refractivity contribution in [3.8, 4) is 0 Å². The van der Waals surface area contributed by atoms with Crippen LogP contribution in [0.4, 0.5) is 0 Å². The lowest BCUT2D eigenvalue weighted by Crippen LogP contribution is -2.46. The molecule has 2 aliphatic heterocycles. The molecule has 3 amide bonds. The number of nitrogens with zero attached hydrogens (tertiary/aromatic N) is 2. The number of imide groups is 1. The molecular formula is C23H23BrN2O4. The van der Waals surface area contributed by atoms with Crippen LogP contribution >= 0.6 is 15.9 Å². The minimum absolute atomic E-state index is 0.0189. The molecule has 1 fully saturated rings. The third-order valence-corrected chi connectivity index (χ3v) is 5.98. The quantitative estimate of drug-likeness (QED) is 0.623. The van der Waals surface area contributed by atoms with E-state index in [-0.39, 0.29) is 42.9 Å². The van der Waals surface area contributed by atoms with Crippen molar-refractivity contribution in [3.05, 3.63) is 69.7 Å². The molecule has 0 radical (unpaired) electrons. The summed E-state index contributed by atoms with van der Waals surface area (Å²) in [6, 6.07) is 15.0. The number of fused-ring (bicyclic) bond motifs is 1. The second kappa shape index (κ2) is 8.70. The Labute approximate surface area is 183 Å². The van der Waals surface area contributed by atoms with Crippen molar-refractivity contribution >= 4 is 33.7 Å². The first-order valence-corrected chi connectivity index (χ1v) is 10.9. The third kappa shape index (κ3) is 4.18. The standard InChI is InChI=1S/C23H23BrN2O4/c1-15-13-25(14-20(30-15)16-6-3-2-4-7-16)21(27)8-5-11-26-22(28)18-10-9-17(24)12-19(18)23(26)29/h2-4,6-7,9-10,12,15,20H,5,8,11,13-14H2,1H3. The Kier molecular flexibility index (Phi) is 6.01. The highest BCUT2D eigenvalue weighted by Crippen LogP contribution is 2.27. The molecule has 2 aromatic rings. The molecule has 156 valence electrons. The fourth-order valence-corrected chi connectivity index (χ4v) is 4.38. The average Bonchev–Trinajstić information content (AvgIpc) is 2.98. The molecule has 2 heterocycles. The average molecular weight is 471 g/mol. The zero-order valence-electron chi connectivity index (χ0n) is 16.7. The van der Waals surface area contributed by atoms with Gasteiger partial charge in [-0.05, 0) is 37.1 Å². The normalized spacial score (nSPS) is 21.1. The highest BCUT2D eigenvalue weighted by atomic mass is 79.9. The van der Waals surface area contributed by atoms with Crippen molar-refractivity contribution in [2.75, 3.05) is 19.6 Å². The predicted molar refractivity (Wildman–Crippen MR) is 115 cm³/mol. The van der Waals surface area contributed by atoms with E-state index in [0.29, 0.717) is 30.6 Å². The van der Waals surface area contributed by atoms with E-state index in [2.05, 4.69) is 15.9 Å². The smallest absolute Gasteiger partial charge is 0.261 e. The van der Waals surface area contributed by atoms with E-state index in [0.717, 1.165) is 10.0 Å². The van der Waals surface area contributed by atoms with Gasteiger partial charge in [-0.1, -0.05) is 46.3 Å². The van der Waals surface area contributed by atoms with Gasteiger partial charge in [-0.15, -0.1) is 0 Å². The minimum Gasteiger partial charge on any atom is -0.367 e. The molecular weight excluding hydrogens is 448 g/mol. The Hall–Kier alpha value is -2.51. The van der Waals surface area contributed by atoms with Gasteiger partial charge in [0.05, 0.1) is 23.8 Å². The van der Waals surface area contributed by atoms with Crippen LogP contribution in [0, 0.1) is 0 Å². The summed E-state index contributed by atoms with van der Waals surface area (Å²) in [6.45, 7) is 3.25. The fourth-order valence-electron chi connectivity index (χ4n) is 4.02. The fraction of sp³-hybridized carbons (Fsp3) is 0.348. The van der Waals surface area contributed by atoms with E-state index in [1.54, 1.807) is 18.2 Å². The Morgan fingerprint density at radius 2 is 1.80 bits per heavy atom. The third-order valence-electron chi connectivity index (χ3n) is 5.49. The summed E-state index contributed by atoms with van der Waals surface area (Å²) in [5, 5.41) is 0. The van der Waals surface area contributed by atoms with E-state index in [1.165, 1.54) is 4.90 Å². The van der Waals surface area contributed by atoms with Gasteiger partial charge in [-0.25, -0.2) is 0 Å². The lowest BCUT2D eigenvalue weighted by atomic mass is 10.1. The van der Waals surface area contributed by atoms with Gasteiger partial charge in [0.25, 0.3) is 11.8 Å². The second-order valence-electron chi connectivity index (χ2n) is 7.70. The molecule has 4 rings (SSSR count). The Morgan fingerprint density at radius 3 is 2.57 bits per heavy atom. The largest absolute Gasteiger partial charge is 0.367 e. The number of carbonyl (C=O) groups excluding carboxylic acids is 3. The number of amides is 3. The zero-order valence-corrected chi connectivity index (χ0v) is 18.3. The molecule has 2 aromatic carbocycles. The van der Waals surface area contributed by atoms with E-state index < -0.39 is 0 Å². The van der Waals surface area contributed by atoms with Crippen molar-refractivity contribution in [1.29, 1.82) is 0 Å².